The van der Waals surface area contributed by atoms with Crippen molar-refractivity contribution in [3.63, 3.8) is 0 Å². The number of hydrazone groups is 1. The zero-order valence-corrected chi connectivity index (χ0v) is 17.1. The number of amides is 2. The lowest BCUT2D eigenvalue weighted by atomic mass is 10.1. The number of hydrogen-bond acceptors (Lipinski definition) is 4. The van der Waals surface area contributed by atoms with Crippen LogP contribution < -0.4 is 5.32 Å². The first kappa shape index (κ1) is 20.7. The zero-order chi connectivity index (χ0) is 20.6. The minimum Gasteiger partial charge on any atom is -0.352 e. The van der Waals surface area contributed by atoms with Crippen LogP contribution in [-0.4, -0.2) is 48.1 Å². The molecule has 0 bridgehead atoms. The third-order valence-electron chi connectivity index (χ3n) is 4.84. The second-order valence-corrected chi connectivity index (χ2v) is 7.46. The molecular formula is C23H28N4O2. The maximum Gasteiger partial charge on any atom is 0.243 e. The highest BCUT2D eigenvalue weighted by Crippen LogP contribution is 2.15. The summed E-state index contributed by atoms with van der Waals surface area (Å²) >= 11 is 0. The van der Waals surface area contributed by atoms with Gasteiger partial charge in [-0.15, -0.1) is 0 Å². The van der Waals surface area contributed by atoms with Crippen molar-refractivity contribution in [3.05, 3.63) is 71.3 Å². The van der Waals surface area contributed by atoms with Gasteiger partial charge in [-0.3, -0.25) is 9.59 Å². The topological polar surface area (TPSA) is 65.0 Å². The van der Waals surface area contributed by atoms with E-state index in [0.29, 0.717) is 13.1 Å². The van der Waals surface area contributed by atoms with Gasteiger partial charge in [0.15, 0.2) is 0 Å². The van der Waals surface area contributed by atoms with E-state index in [1.165, 1.54) is 10.6 Å². The molecule has 1 N–H and O–H groups in total. The van der Waals surface area contributed by atoms with Crippen molar-refractivity contribution in [3.8, 4) is 0 Å². The Labute approximate surface area is 172 Å². The Morgan fingerprint density at radius 3 is 2.41 bits per heavy atom. The standard InChI is InChI=1S/C23H28N4O2/c1-26(2)17-20-11-7-6-10-19(20)16-24-22(28)12-13-23(29)27-15-14-21(25-27)18-8-4-3-5-9-18/h3-11H,12-17H2,1-2H3,(H,24,28). The van der Waals surface area contributed by atoms with Gasteiger partial charge in [0.2, 0.25) is 11.8 Å². The molecule has 29 heavy (non-hydrogen) atoms. The number of carbonyl (C=O) groups is 2. The number of nitrogens with zero attached hydrogens (tertiary/aromatic N) is 3. The van der Waals surface area contributed by atoms with Crippen LogP contribution >= 0.6 is 0 Å². The van der Waals surface area contributed by atoms with Crippen LogP contribution in [0.25, 0.3) is 0 Å². The Balaban J connectivity index is 1.47. The van der Waals surface area contributed by atoms with Crippen LogP contribution in [0.5, 0.6) is 0 Å². The fourth-order valence-electron chi connectivity index (χ4n) is 3.33. The smallest absolute Gasteiger partial charge is 0.243 e. The van der Waals surface area contributed by atoms with Crippen molar-refractivity contribution in [1.82, 2.24) is 15.2 Å². The van der Waals surface area contributed by atoms with Crippen LogP contribution in [0, 0.1) is 0 Å². The van der Waals surface area contributed by atoms with Crippen LogP contribution in [0.3, 0.4) is 0 Å². The number of hydrogen-bond donors (Lipinski definition) is 1. The van der Waals surface area contributed by atoms with Crippen molar-refractivity contribution >= 4 is 17.5 Å². The van der Waals surface area contributed by atoms with E-state index in [1.54, 1.807) is 0 Å². The first-order valence-corrected chi connectivity index (χ1v) is 9.94. The van der Waals surface area contributed by atoms with Gasteiger partial charge in [0.25, 0.3) is 0 Å². The Morgan fingerprint density at radius 1 is 1.00 bits per heavy atom. The molecule has 0 aliphatic carbocycles. The highest BCUT2D eigenvalue weighted by atomic mass is 16.2. The molecule has 0 fully saturated rings. The molecule has 0 atom stereocenters. The van der Waals surface area contributed by atoms with Crippen molar-refractivity contribution in [2.24, 2.45) is 5.10 Å². The van der Waals surface area contributed by atoms with Crippen molar-refractivity contribution in [2.75, 3.05) is 20.6 Å². The molecule has 0 saturated heterocycles. The first-order chi connectivity index (χ1) is 14.0. The summed E-state index contributed by atoms with van der Waals surface area (Å²) in [4.78, 5) is 26.7. The van der Waals surface area contributed by atoms with Crippen LogP contribution in [0.1, 0.15) is 36.0 Å². The number of benzene rings is 2. The fourth-order valence-corrected chi connectivity index (χ4v) is 3.33. The molecule has 6 nitrogen and oxygen atoms in total. The number of rotatable bonds is 8. The summed E-state index contributed by atoms with van der Waals surface area (Å²) in [7, 11) is 4.04. The van der Waals surface area contributed by atoms with E-state index in [9.17, 15) is 9.59 Å². The lowest BCUT2D eigenvalue weighted by Gasteiger charge is -2.15. The molecule has 2 aromatic carbocycles. The van der Waals surface area contributed by atoms with Gasteiger partial charge in [-0.1, -0.05) is 54.6 Å². The van der Waals surface area contributed by atoms with E-state index < -0.39 is 0 Å². The van der Waals surface area contributed by atoms with Gasteiger partial charge < -0.3 is 10.2 Å². The molecule has 1 aliphatic rings. The highest BCUT2D eigenvalue weighted by molar-refractivity contribution is 6.02. The first-order valence-electron chi connectivity index (χ1n) is 9.94. The summed E-state index contributed by atoms with van der Waals surface area (Å²) in [6.07, 6.45) is 1.07. The zero-order valence-electron chi connectivity index (χ0n) is 17.1. The summed E-state index contributed by atoms with van der Waals surface area (Å²) in [5.74, 6) is -0.233. The molecule has 1 aliphatic heterocycles. The van der Waals surface area contributed by atoms with E-state index in [0.717, 1.165) is 29.8 Å². The van der Waals surface area contributed by atoms with Gasteiger partial charge >= 0.3 is 0 Å². The molecule has 152 valence electrons. The predicted octanol–water partition coefficient (Wildman–Crippen LogP) is 2.78. The van der Waals surface area contributed by atoms with E-state index in [2.05, 4.69) is 21.4 Å². The molecular weight excluding hydrogens is 364 g/mol. The van der Waals surface area contributed by atoms with Crippen molar-refractivity contribution in [2.45, 2.75) is 32.4 Å². The average Bonchev–Trinajstić information content (AvgIpc) is 3.22. The monoisotopic (exact) mass is 392 g/mol. The highest BCUT2D eigenvalue weighted by Gasteiger charge is 2.21. The average molecular weight is 393 g/mol. The SMILES string of the molecule is CN(C)Cc1ccccc1CNC(=O)CCC(=O)N1CCC(c2ccccc2)=N1. The Hall–Kier alpha value is -2.99. The van der Waals surface area contributed by atoms with E-state index >= 15 is 0 Å². The predicted molar refractivity (Wildman–Crippen MR) is 114 cm³/mol. The quantitative estimate of drug-likeness (QED) is 0.751. The molecule has 2 amide bonds. The number of nitrogens with one attached hydrogen (secondary N) is 1. The number of carbonyl (C=O) groups excluding carboxylic acids is 2. The third kappa shape index (κ3) is 5.99. The third-order valence-corrected chi connectivity index (χ3v) is 4.84. The molecule has 0 saturated carbocycles. The second-order valence-electron chi connectivity index (χ2n) is 7.46. The lowest BCUT2D eigenvalue weighted by molar-refractivity contribution is -0.133. The van der Waals surface area contributed by atoms with Crippen molar-refractivity contribution < 1.29 is 9.59 Å². The molecule has 1 heterocycles. The minimum atomic E-state index is -0.121. The van der Waals surface area contributed by atoms with Gasteiger partial charge in [-0.05, 0) is 30.8 Å². The van der Waals surface area contributed by atoms with Gasteiger partial charge in [0.05, 0.1) is 12.3 Å². The van der Waals surface area contributed by atoms with Crippen LogP contribution in [0.2, 0.25) is 0 Å². The van der Waals surface area contributed by atoms with Crippen LogP contribution in [0.15, 0.2) is 59.7 Å². The van der Waals surface area contributed by atoms with Crippen molar-refractivity contribution in [1.29, 1.82) is 0 Å². The van der Waals surface area contributed by atoms with Gasteiger partial charge in [0, 0.05) is 32.4 Å². The fraction of sp³-hybridized carbons (Fsp3) is 0.348. The Bertz CT molecular complexity index is 877. The summed E-state index contributed by atoms with van der Waals surface area (Å²) in [6, 6.07) is 17.9. The maximum atomic E-state index is 12.4. The Morgan fingerprint density at radius 2 is 1.69 bits per heavy atom. The lowest BCUT2D eigenvalue weighted by Crippen LogP contribution is -2.28. The van der Waals surface area contributed by atoms with Gasteiger partial charge in [-0.25, -0.2) is 5.01 Å². The maximum absolute atomic E-state index is 12.4. The summed E-state index contributed by atoms with van der Waals surface area (Å²) in [6.45, 7) is 1.86. The molecule has 3 rings (SSSR count). The molecule has 0 aromatic heterocycles. The summed E-state index contributed by atoms with van der Waals surface area (Å²) < 4.78 is 0. The van der Waals surface area contributed by atoms with E-state index in [1.807, 2.05) is 62.6 Å². The Kier molecular flexibility index (Phi) is 7.14. The summed E-state index contributed by atoms with van der Waals surface area (Å²) in [5, 5.41) is 8.85. The normalized spacial score (nSPS) is 13.5. The second kappa shape index (κ2) is 9.98. The summed E-state index contributed by atoms with van der Waals surface area (Å²) in [5.41, 5.74) is 4.24. The molecule has 2 aromatic rings. The molecule has 0 spiro atoms. The van der Waals surface area contributed by atoms with E-state index in [4.69, 9.17) is 0 Å². The largest absolute Gasteiger partial charge is 0.352 e. The van der Waals surface area contributed by atoms with Gasteiger partial charge in [0.1, 0.15) is 0 Å². The minimum absolute atomic E-state index is 0.112. The van der Waals surface area contributed by atoms with Crippen LogP contribution in [0.4, 0.5) is 0 Å². The van der Waals surface area contributed by atoms with Crippen LogP contribution in [-0.2, 0) is 22.7 Å². The van der Waals surface area contributed by atoms with E-state index in [-0.39, 0.29) is 24.7 Å². The molecule has 0 radical (unpaired) electrons. The molecule has 6 heteroatoms. The molecule has 0 unspecified atom stereocenters. The van der Waals surface area contributed by atoms with Gasteiger partial charge in [-0.2, -0.15) is 5.10 Å².